The molecule has 1 aromatic rings. The number of benzene rings is 1. The SMILES string of the molecule is CCOC(=O)C(=O)NNC(=O)c1ccc(F)c(F)c1. The monoisotopic (exact) mass is 272 g/mol. The van der Waals surface area contributed by atoms with Gasteiger partial charge in [-0.15, -0.1) is 0 Å². The highest BCUT2D eigenvalue weighted by atomic mass is 19.2. The number of hydrogen-bond donors (Lipinski definition) is 2. The molecule has 2 N–H and O–H groups in total. The van der Waals surface area contributed by atoms with E-state index in [2.05, 4.69) is 4.74 Å². The van der Waals surface area contributed by atoms with Crippen LogP contribution in [0.3, 0.4) is 0 Å². The van der Waals surface area contributed by atoms with E-state index in [0.29, 0.717) is 6.07 Å². The van der Waals surface area contributed by atoms with Crippen molar-refractivity contribution in [2.45, 2.75) is 6.92 Å². The van der Waals surface area contributed by atoms with E-state index in [0.717, 1.165) is 12.1 Å². The van der Waals surface area contributed by atoms with Crippen LogP contribution in [0, 0.1) is 11.6 Å². The van der Waals surface area contributed by atoms with Gasteiger partial charge in [-0.2, -0.15) is 0 Å². The fraction of sp³-hybridized carbons (Fsp3) is 0.182. The predicted molar refractivity (Wildman–Crippen MR) is 58.6 cm³/mol. The number of ether oxygens (including phenoxy) is 1. The van der Waals surface area contributed by atoms with Crippen LogP contribution in [0.2, 0.25) is 0 Å². The summed E-state index contributed by atoms with van der Waals surface area (Å²) in [5.41, 5.74) is 3.41. The number of hydrogen-bond acceptors (Lipinski definition) is 4. The summed E-state index contributed by atoms with van der Waals surface area (Å²) in [6.45, 7) is 1.51. The van der Waals surface area contributed by atoms with Gasteiger partial charge >= 0.3 is 11.9 Å². The van der Waals surface area contributed by atoms with Gasteiger partial charge in [-0.3, -0.25) is 20.4 Å². The van der Waals surface area contributed by atoms with Crippen molar-refractivity contribution in [2.24, 2.45) is 0 Å². The second-order valence-electron chi connectivity index (χ2n) is 3.26. The Bertz CT molecular complexity index is 519. The Balaban J connectivity index is 2.58. The normalized spacial score (nSPS) is 9.63. The highest BCUT2D eigenvalue weighted by molar-refractivity contribution is 6.32. The lowest BCUT2D eigenvalue weighted by Gasteiger charge is -2.06. The highest BCUT2D eigenvalue weighted by Crippen LogP contribution is 2.08. The second-order valence-corrected chi connectivity index (χ2v) is 3.26. The first kappa shape index (κ1) is 14.6. The van der Waals surface area contributed by atoms with Gasteiger partial charge in [0.25, 0.3) is 5.91 Å². The number of carbonyl (C=O) groups is 3. The average molecular weight is 272 g/mol. The first-order chi connectivity index (χ1) is 8.95. The van der Waals surface area contributed by atoms with Crippen LogP contribution in [0.25, 0.3) is 0 Å². The van der Waals surface area contributed by atoms with Crippen LogP contribution in [0.5, 0.6) is 0 Å². The number of carbonyl (C=O) groups excluding carboxylic acids is 3. The van der Waals surface area contributed by atoms with Crippen molar-refractivity contribution in [1.29, 1.82) is 0 Å². The zero-order valence-electron chi connectivity index (χ0n) is 9.83. The van der Waals surface area contributed by atoms with E-state index in [1.54, 1.807) is 5.43 Å². The zero-order valence-corrected chi connectivity index (χ0v) is 9.83. The maximum absolute atomic E-state index is 12.9. The molecule has 102 valence electrons. The summed E-state index contributed by atoms with van der Waals surface area (Å²) in [4.78, 5) is 33.4. The van der Waals surface area contributed by atoms with E-state index in [-0.39, 0.29) is 12.2 Å². The van der Waals surface area contributed by atoms with Crippen LogP contribution in [0.4, 0.5) is 8.78 Å². The molecule has 0 aliphatic carbocycles. The van der Waals surface area contributed by atoms with Crippen molar-refractivity contribution >= 4 is 17.8 Å². The molecule has 0 aromatic heterocycles. The van der Waals surface area contributed by atoms with Gasteiger partial charge in [-0.05, 0) is 25.1 Å². The Morgan fingerprint density at radius 2 is 1.84 bits per heavy atom. The van der Waals surface area contributed by atoms with Crippen LogP contribution in [-0.4, -0.2) is 24.4 Å². The van der Waals surface area contributed by atoms with E-state index >= 15 is 0 Å². The lowest BCUT2D eigenvalue weighted by atomic mass is 10.2. The van der Waals surface area contributed by atoms with Gasteiger partial charge in [0.2, 0.25) is 0 Å². The quantitative estimate of drug-likeness (QED) is 0.460. The standard InChI is InChI=1S/C11H10F2N2O4/c1-2-19-11(18)10(17)15-14-9(16)6-3-4-7(12)8(13)5-6/h3-5H,2H2,1H3,(H,14,16)(H,15,17). The molecule has 0 unspecified atom stereocenters. The first-order valence-electron chi connectivity index (χ1n) is 5.18. The van der Waals surface area contributed by atoms with Crippen LogP contribution in [0.15, 0.2) is 18.2 Å². The minimum absolute atomic E-state index is 0.00335. The lowest BCUT2D eigenvalue weighted by molar-refractivity contribution is -0.154. The maximum atomic E-state index is 12.9. The van der Waals surface area contributed by atoms with Gasteiger partial charge in [0.15, 0.2) is 11.6 Å². The molecule has 0 saturated carbocycles. The summed E-state index contributed by atoms with van der Waals surface area (Å²) < 4.78 is 29.8. The van der Waals surface area contributed by atoms with Gasteiger partial charge in [-0.1, -0.05) is 0 Å². The fourth-order valence-electron chi connectivity index (χ4n) is 1.07. The second kappa shape index (κ2) is 6.43. The molecule has 0 fully saturated rings. The van der Waals surface area contributed by atoms with Crippen LogP contribution in [0.1, 0.15) is 17.3 Å². The van der Waals surface area contributed by atoms with Crippen LogP contribution >= 0.6 is 0 Å². The number of halogens is 2. The Hall–Kier alpha value is -2.51. The number of esters is 1. The summed E-state index contributed by atoms with van der Waals surface area (Å²) in [5, 5.41) is 0. The molecule has 0 radical (unpaired) electrons. The van der Waals surface area contributed by atoms with Crippen molar-refractivity contribution < 1.29 is 27.9 Å². The third kappa shape index (κ3) is 4.02. The van der Waals surface area contributed by atoms with E-state index < -0.39 is 29.4 Å². The predicted octanol–water partition coefficient (Wildman–Crippen LogP) is 0.289. The summed E-state index contributed by atoms with van der Waals surface area (Å²) in [7, 11) is 0. The molecule has 19 heavy (non-hydrogen) atoms. The molecular formula is C11H10F2N2O4. The van der Waals surface area contributed by atoms with E-state index in [9.17, 15) is 23.2 Å². The highest BCUT2D eigenvalue weighted by Gasteiger charge is 2.16. The molecule has 0 spiro atoms. The van der Waals surface area contributed by atoms with Crippen molar-refractivity contribution in [3.05, 3.63) is 35.4 Å². The number of rotatable bonds is 2. The molecule has 1 rings (SSSR count). The van der Waals surface area contributed by atoms with Gasteiger partial charge in [0.05, 0.1) is 6.61 Å². The largest absolute Gasteiger partial charge is 0.459 e. The molecular weight excluding hydrogens is 262 g/mol. The summed E-state index contributed by atoms with van der Waals surface area (Å²) in [6.07, 6.45) is 0. The minimum Gasteiger partial charge on any atom is -0.459 e. The third-order valence-corrected chi connectivity index (χ3v) is 1.93. The summed E-state index contributed by atoms with van der Waals surface area (Å²) in [6, 6.07) is 2.43. The smallest absolute Gasteiger partial charge is 0.398 e. The lowest BCUT2D eigenvalue weighted by Crippen LogP contribution is -2.45. The van der Waals surface area contributed by atoms with Gasteiger partial charge in [-0.25, -0.2) is 13.6 Å². The molecule has 0 bridgehead atoms. The van der Waals surface area contributed by atoms with Crippen LogP contribution < -0.4 is 10.9 Å². The van der Waals surface area contributed by atoms with Gasteiger partial charge < -0.3 is 4.74 Å². The van der Waals surface area contributed by atoms with E-state index in [1.807, 2.05) is 5.43 Å². The van der Waals surface area contributed by atoms with Crippen molar-refractivity contribution in [3.8, 4) is 0 Å². The zero-order chi connectivity index (χ0) is 14.4. The Kier molecular flexibility index (Phi) is 4.92. The maximum Gasteiger partial charge on any atom is 0.398 e. The number of hydrazine groups is 1. The third-order valence-electron chi connectivity index (χ3n) is 1.93. The Morgan fingerprint density at radius 1 is 1.16 bits per heavy atom. The molecule has 0 atom stereocenters. The fourth-order valence-corrected chi connectivity index (χ4v) is 1.07. The van der Waals surface area contributed by atoms with Crippen LogP contribution in [-0.2, 0) is 14.3 Å². The van der Waals surface area contributed by atoms with E-state index in [1.165, 1.54) is 6.92 Å². The van der Waals surface area contributed by atoms with Crippen molar-refractivity contribution in [2.75, 3.05) is 6.61 Å². The van der Waals surface area contributed by atoms with E-state index in [4.69, 9.17) is 0 Å². The topological polar surface area (TPSA) is 84.5 Å². The summed E-state index contributed by atoms with van der Waals surface area (Å²) in [5.74, 6) is -5.57. The molecule has 0 aliphatic heterocycles. The molecule has 2 amide bonds. The molecule has 0 saturated heterocycles. The summed E-state index contributed by atoms with van der Waals surface area (Å²) >= 11 is 0. The van der Waals surface area contributed by atoms with Gasteiger partial charge in [0.1, 0.15) is 0 Å². The Morgan fingerprint density at radius 3 is 2.42 bits per heavy atom. The molecule has 8 heteroatoms. The molecule has 0 heterocycles. The van der Waals surface area contributed by atoms with Crippen molar-refractivity contribution in [3.63, 3.8) is 0 Å². The van der Waals surface area contributed by atoms with Crippen molar-refractivity contribution in [1.82, 2.24) is 10.9 Å². The molecule has 1 aromatic carbocycles. The number of amides is 2. The molecule has 0 aliphatic rings. The first-order valence-corrected chi connectivity index (χ1v) is 5.18. The minimum atomic E-state index is -1.20. The number of nitrogens with one attached hydrogen (secondary N) is 2. The van der Waals surface area contributed by atoms with Gasteiger partial charge in [0, 0.05) is 5.56 Å². The molecule has 6 nitrogen and oxygen atoms in total. The Labute approximate surface area is 106 Å². The average Bonchev–Trinajstić information content (AvgIpc) is 2.39.